The summed E-state index contributed by atoms with van der Waals surface area (Å²) in [7, 11) is 6.32. The van der Waals surface area contributed by atoms with Crippen LogP contribution in [-0.2, 0) is 6.54 Å². The molecule has 1 atom stereocenters. The molecule has 2 N–H and O–H groups in total. The van der Waals surface area contributed by atoms with Crippen molar-refractivity contribution < 1.29 is 0 Å². The Kier molecular flexibility index (Phi) is 4.15. The fourth-order valence-corrected chi connectivity index (χ4v) is 2.39. The van der Waals surface area contributed by atoms with Gasteiger partial charge in [-0.3, -0.25) is 4.90 Å². The molecule has 96 valence electrons. The fraction of sp³-hybridized carbons (Fsp3) is 0.750. The molecule has 0 bridgehead atoms. The van der Waals surface area contributed by atoms with Crippen molar-refractivity contribution in [1.29, 1.82) is 0 Å². The van der Waals surface area contributed by atoms with Crippen molar-refractivity contribution in [2.45, 2.75) is 19.0 Å². The zero-order chi connectivity index (χ0) is 12.3. The summed E-state index contributed by atoms with van der Waals surface area (Å²) in [5.74, 6) is 1.09. The van der Waals surface area contributed by atoms with Gasteiger partial charge in [-0.1, -0.05) is 0 Å². The predicted molar refractivity (Wildman–Crippen MR) is 68.8 cm³/mol. The summed E-state index contributed by atoms with van der Waals surface area (Å²) in [4.78, 5) is 12.7. The lowest BCUT2D eigenvalue weighted by Gasteiger charge is -2.25. The van der Waals surface area contributed by atoms with Crippen molar-refractivity contribution in [2.24, 2.45) is 0 Å². The Bertz CT molecular complexity index is 348. The molecular weight excluding hydrogens is 214 g/mol. The Balaban J connectivity index is 2.11. The summed E-state index contributed by atoms with van der Waals surface area (Å²) in [6.45, 7) is 4.20. The lowest BCUT2D eigenvalue weighted by Crippen LogP contribution is -2.31. The minimum atomic E-state index is 0.383. The molecule has 0 saturated carbocycles. The Morgan fingerprint density at radius 1 is 1.47 bits per heavy atom. The molecule has 0 spiro atoms. The van der Waals surface area contributed by atoms with Crippen LogP contribution in [0.5, 0.6) is 0 Å². The minimum Gasteiger partial charge on any atom is -0.343 e. The molecule has 1 aliphatic rings. The summed E-state index contributed by atoms with van der Waals surface area (Å²) in [6.07, 6.45) is 3.16. The van der Waals surface area contributed by atoms with Gasteiger partial charge in [0, 0.05) is 25.0 Å². The number of hydrogen-bond acceptors (Lipinski definition) is 4. The number of H-pyrrole nitrogens is 1. The SMILES string of the molecule is CNCc1cnc(C2CN(C)CCCN2C)[nH]1. The Morgan fingerprint density at radius 2 is 2.29 bits per heavy atom. The van der Waals surface area contributed by atoms with E-state index in [1.54, 1.807) is 0 Å². The molecule has 0 amide bonds. The number of aromatic amines is 1. The summed E-state index contributed by atoms with van der Waals surface area (Å²) in [5.41, 5.74) is 1.16. The highest BCUT2D eigenvalue weighted by Crippen LogP contribution is 2.20. The van der Waals surface area contributed by atoms with E-state index >= 15 is 0 Å². The van der Waals surface area contributed by atoms with Crippen LogP contribution >= 0.6 is 0 Å². The van der Waals surface area contributed by atoms with Gasteiger partial charge in [0.05, 0.1) is 6.04 Å². The van der Waals surface area contributed by atoms with E-state index in [0.717, 1.165) is 31.2 Å². The average Bonchev–Trinajstić information content (AvgIpc) is 2.67. The number of nitrogens with zero attached hydrogens (tertiary/aromatic N) is 3. The smallest absolute Gasteiger partial charge is 0.125 e. The number of imidazole rings is 1. The molecule has 5 nitrogen and oxygen atoms in total. The van der Waals surface area contributed by atoms with Gasteiger partial charge in [0.2, 0.25) is 0 Å². The van der Waals surface area contributed by atoms with Gasteiger partial charge in [0.1, 0.15) is 5.82 Å². The fourth-order valence-electron chi connectivity index (χ4n) is 2.39. The van der Waals surface area contributed by atoms with Crippen LogP contribution in [0.15, 0.2) is 6.20 Å². The lowest BCUT2D eigenvalue weighted by molar-refractivity contribution is 0.220. The number of hydrogen-bond donors (Lipinski definition) is 2. The molecule has 1 unspecified atom stereocenters. The number of aromatic nitrogens is 2. The Labute approximate surface area is 103 Å². The Morgan fingerprint density at radius 3 is 3.06 bits per heavy atom. The van der Waals surface area contributed by atoms with Crippen LogP contribution in [0.4, 0.5) is 0 Å². The first-order chi connectivity index (χ1) is 8.20. The lowest BCUT2D eigenvalue weighted by atomic mass is 10.2. The molecule has 1 aromatic rings. The van der Waals surface area contributed by atoms with Gasteiger partial charge in [-0.25, -0.2) is 4.98 Å². The molecule has 0 aromatic carbocycles. The van der Waals surface area contributed by atoms with Gasteiger partial charge in [0.25, 0.3) is 0 Å². The van der Waals surface area contributed by atoms with Crippen molar-refractivity contribution in [1.82, 2.24) is 25.1 Å². The van der Waals surface area contributed by atoms with Crippen LogP contribution in [-0.4, -0.2) is 60.5 Å². The van der Waals surface area contributed by atoms with E-state index in [1.807, 2.05) is 13.2 Å². The van der Waals surface area contributed by atoms with Gasteiger partial charge in [-0.15, -0.1) is 0 Å². The predicted octanol–water partition coefficient (Wildman–Crippen LogP) is 0.438. The monoisotopic (exact) mass is 237 g/mol. The first-order valence-corrected chi connectivity index (χ1v) is 6.28. The molecule has 5 heteroatoms. The minimum absolute atomic E-state index is 0.383. The highest BCUT2D eigenvalue weighted by molar-refractivity contribution is 5.06. The van der Waals surface area contributed by atoms with Crippen LogP contribution in [0.2, 0.25) is 0 Å². The third-order valence-corrected chi connectivity index (χ3v) is 3.40. The van der Waals surface area contributed by atoms with Crippen LogP contribution < -0.4 is 5.32 Å². The molecular formula is C12H23N5. The van der Waals surface area contributed by atoms with Gasteiger partial charge < -0.3 is 15.2 Å². The molecule has 1 saturated heterocycles. The molecule has 1 aliphatic heterocycles. The largest absolute Gasteiger partial charge is 0.343 e. The summed E-state index contributed by atoms with van der Waals surface area (Å²) >= 11 is 0. The average molecular weight is 237 g/mol. The maximum absolute atomic E-state index is 4.52. The maximum atomic E-state index is 4.52. The van der Waals surface area contributed by atoms with Gasteiger partial charge >= 0.3 is 0 Å². The van der Waals surface area contributed by atoms with E-state index in [4.69, 9.17) is 0 Å². The highest BCUT2D eigenvalue weighted by Gasteiger charge is 2.24. The first kappa shape index (κ1) is 12.5. The van der Waals surface area contributed by atoms with Gasteiger partial charge in [-0.05, 0) is 40.7 Å². The Hall–Kier alpha value is -0.910. The molecule has 1 fully saturated rings. The molecule has 2 rings (SSSR count). The maximum Gasteiger partial charge on any atom is 0.125 e. The van der Waals surface area contributed by atoms with E-state index in [-0.39, 0.29) is 0 Å². The van der Waals surface area contributed by atoms with Crippen LogP contribution in [0.25, 0.3) is 0 Å². The summed E-state index contributed by atoms with van der Waals surface area (Å²) in [6, 6.07) is 0.383. The van der Waals surface area contributed by atoms with Crippen molar-refractivity contribution in [3.8, 4) is 0 Å². The van der Waals surface area contributed by atoms with Gasteiger partial charge in [-0.2, -0.15) is 0 Å². The second kappa shape index (κ2) is 5.62. The van der Waals surface area contributed by atoms with E-state index in [9.17, 15) is 0 Å². The van der Waals surface area contributed by atoms with Crippen molar-refractivity contribution in [3.05, 3.63) is 17.7 Å². The van der Waals surface area contributed by atoms with E-state index in [2.05, 4.69) is 39.2 Å². The van der Waals surface area contributed by atoms with Crippen LogP contribution in [0.3, 0.4) is 0 Å². The molecule has 1 aromatic heterocycles. The molecule has 0 aliphatic carbocycles. The first-order valence-electron chi connectivity index (χ1n) is 6.28. The van der Waals surface area contributed by atoms with Crippen LogP contribution in [0.1, 0.15) is 24.0 Å². The molecule has 17 heavy (non-hydrogen) atoms. The molecule has 2 heterocycles. The summed E-state index contributed by atoms with van der Waals surface area (Å²) in [5, 5.41) is 3.14. The third-order valence-electron chi connectivity index (χ3n) is 3.40. The number of rotatable bonds is 3. The van der Waals surface area contributed by atoms with Crippen LogP contribution in [0, 0.1) is 0 Å². The van der Waals surface area contributed by atoms with E-state index in [0.29, 0.717) is 6.04 Å². The summed E-state index contributed by atoms with van der Waals surface area (Å²) < 4.78 is 0. The standard InChI is InChI=1S/C12H23N5/c1-13-7-10-8-14-12(15-10)11-9-16(2)5-4-6-17(11)3/h8,11,13H,4-7,9H2,1-3H3,(H,14,15). The second-order valence-electron chi connectivity index (χ2n) is 4.94. The number of nitrogens with one attached hydrogen (secondary N) is 2. The highest BCUT2D eigenvalue weighted by atomic mass is 15.2. The third kappa shape index (κ3) is 3.06. The van der Waals surface area contributed by atoms with E-state index < -0.39 is 0 Å². The second-order valence-corrected chi connectivity index (χ2v) is 4.94. The van der Waals surface area contributed by atoms with Crippen molar-refractivity contribution in [3.63, 3.8) is 0 Å². The normalized spacial score (nSPS) is 23.8. The zero-order valence-electron chi connectivity index (χ0n) is 11.0. The molecule has 0 radical (unpaired) electrons. The van der Waals surface area contributed by atoms with E-state index in [1.165, 1.54) is 13.0 Å². The topological polar surface area (TPSA) is 47.2 Å². The zero-order valence-corrected chi connectivity index (χ0v) is 11.0. The quantitative estimate of drug-likeness (QED) is 0.801. The van der Waals surface area contributed by atoms with Gasteiger partial charge in [0.15, 0.2) is 0 Å². The van der Waals surface area contributed by atoms with Crippen molar-refractivity contribution >= 4 is 0 Å². The van der Waals surface area contributed by atoms with Crippen molar-refractivity contribution in [2.75, 3.05) is 40.8 Å². The number of likely N-dealkylation sites (N-methyl/N-ethyl adjacent to an activating group) is 2.